The minimum absolute atomic E-state index is 0.820. The summed E-state index contributed by atoms with van der Waals surface area (Å²) in [6.45, 7) is 0. The molecule has 1 heterocycles. The molecule has 0 spiro atoms. The summed E-state index contributed by atoms with van der Waals surface area (Å²) < 4.78 is 0. The van der Waals surface area contributed by atoms with Crippen molar-refractivity contribution in [3.8, 4) is 0 Å². The molecule has 2 rings (SSSR count). The molecule has 1 aromatic heterocycles. The van der Waals surface area contributed by atoms with Gasteiger partial charge >= 0.3 is 0 Å². The number of hydrogen-bond donors (Lipinski definition) is 0. The van der Waals surface area contributed by atoms with Gasteiger partial charge in [0.2, 0.25) is 0 Å². The van der Waals surface area contributed by atoms with Crippen molar-refractivity contribution < 1.29 is 0 Å². The second-order valence-electron chi connectivity index (χ2n) is 2.55. The Balaban J connectivity index is 2.82. The van der Waals surface area contributed by atoms with Crippen LogP contribution in [-0.2, 0) is 0 Å². The Kier molecular flexibility index (Phi) is 2.13. The van der Waals surface area contributed by atoms with Gasteiger partial charge in [-0.1, -0.05) is 18.2 Å². The predicted octanol–water partition coefficient (Wildman–Crippen LogP) is 2.97. The second kappa shape index (κ2) is 3.44. The summed E-state index contributed by atoms with van der Waals surface area (Å²) in [5.41, 5.74) is 1.75. The quantitative estimate of drug-likeness (QED) is 0.505. The molecule has 62 valence electrons. The highest BCUT2D eigenvalue weighted by atomic mass is 32.1. The predicted molar refractivity (Wildman–Crippen MR) is 56.4 cm³/mol. The summed E-state index contributed by atoms with van der Waals surface area (Å²) >= 11 is 4.56. The average molecular weight is 186 g/mol. The largest absolute Gasteiger partial charge is 0.256 e. The third-order valence-corrected chi connectivity index (χ3v) is 1.88. The monoisotopic (exact) mass is 186 g/mol. The lowest BCUT2D eigenvalue weighted by molar-refractivity contribution is 1.40. The molecule has 13 heavy (non-hydrogen) atoms. The number of isothiocyanates is 1. The number of hydrogen-bond acceptors (Lipinski definition) is 3. The van der Waals surface area contributed by atoms with Crippen molar-refractivity contribution in [1.82, 2.24) is 4.98 Å². The Hall–Kier alpha value is -1.57. The zero-order valence-electron chi connectivity index (χ0n) is 6.77. The van der Waals surface area contributed by atoms with Gasteiger partial charge in [0.15, 0.2) is 0 Å². The first-order valence-electron chi connectivity index (χ1n) is 3.83. The van der Waals surface area contributed by atoms with Gasteiger partial charge in [0.05, 0.1) is 16.4 Å². The van der Waals surface area contributed by atoms with Gasteiger partial charge in [0, 0.05) is 11.6 Å². The van der Waals surface area contributed by atoms with Crippen molar-refractivity contribution in [2.45, 2.75) is 0 Å². The molecule has 2 nitrogen and oxygen atoms in total. The molecular weight excluding hydrogens is 180 g/mol. The minimum Gasteiger partial charge on any atom is -0.256 e. The van der Waals surface area contributed by atoms with Crippen LogP contribution in [0.2, 0.25) is 0 Å². The maximum atomic E-state index is 4.56. The average Bonchev–Trinajstić information content (AvgIpc) is 2.19. The number of nitrogens with zero attached hydrogens (tertiary/aromatic N) is 2. The lowest BCUT2D eigenvalue weighted by atomic mass is 10.2. The van der Waals surface area contributed by atoms with Crippen LogP contribution in [0.1, 0.15) is 0 Å². The lowest BCUT2D eigenvalue weighted by Crippen LogP contribution is -1.76. The van der Waals surface area contributed by atoms with Gasteiger partial charge in [0.25, 0.3) is 0 Å². The third kappa shape index (κ3) is 1.47. The molecule has 0 aliphatic rings. The van der Waals surface area contributed by atoms with Crippen LogP contribution < -0.4 is 0 Å². The smallest absolute Gasteiger partial charge is 0.0848 e. The molecule has 2 aromatic rings. The fourth-order valence-corrected chi connectivity index (χ4v) is 1.33. The molecule has 0 radical (unpaired) electrons. The van der Waals surface area contributed by atoms with E-state index in [1.54, 1.807) is 6.20 Å². The Morgan fingerprint density at radius 3 is 2.92 bits per heavy atom. The molecule has 0 aliphatic carbocycles. The van der Waals surface area contributed by atoms with Gasteiger partial charge in [-0.25, -0.2) is 0 Å². The van der Waals surface area contributed by atoms with Gasteiger partial charge in [-0.15, -0.1) is 0 Å². The first-order chi connectivity index (χ1) is 6.42. The fourth-order valence-electron chi connectivity index (χ4n) is 1.23. The molecule has 0 unspecified atom stereocenters. The van der Waals surface area contributed by atoms with E-state index in [0.29, 0.717) is 0 Å². The molecule has 1 aromatic carbocycles. The van der Waals surface area contributed by atoms with Crippen LogP contribution in [0, 0.1) is 0 Å². The van der Waals surface area contributed by atoms with Gasteiger partial charge in [0.1, 0.15) is 0 Å². The molecule has 0 amide bonds. The van der Waals surface area contributed by atoms with Crippen molar-refractivity contribution in [3.63, 3.8) is 0 Å². The van der Waals surface area contributed by atoms with E-state index in [2.05, 4.69) is 27.4 Å². The summed E-state index contributed by atoms with van der Waals surface area (Å²) in [6, 6.07) is 9.62. The van der Waals surface area contributed by atoms with Crippen molar-refractivity contribution >= 4 is 34.0 Å². The molecular formula is C10H6N2S. The second-order valence-corrected chi connectivity index (χ2v) is 2.73. The van der Waals surface area contributed by atoms with E-state index in [-0.39, 0.29) is 0 Å². The van der Waals surface area contributed by atoms with E-state index in [1.165, 1.54) is 0 Å². The number of benzene rings is 1. The standard InChI is InChI=1S/C10H6N2S/c13-7-12-10-5-6-11-9-4-2-1-3-8(9)10/h1-6H. The number of aliphatic imine (C=N–C) groups is 1. The number of rotatable bonds is 1. The van der Waals surface area contributed by atoms with Crippen LogP contribution in [-0.4, -0.2) is 10.1 Å². The Labute approximate surface area is 81.0 Å². The Morgan fingerprint density at radius 1 is 1.23 bits per heavy atom. The summed E-state index contributed by atoms with van der Waals surface area (Å²) in [7, 11) is 0. The van der Waals surface area contributed by atoms with Gasteiger partial charge in [-0.05, 0) is 24.4 Å². The van der Waals surface area contributed by atoms with E-state index >= 15 is 0 Å². The molecule has 0 atom stereocenters. The van der Waals surface area contributed by atoms with Gasteiger partial charge < -0.3 is 0 Å². The number of para-hydroxylation sites is 1. The number of aromatic nitrogens is 1. The third-order valence-electron chi connectivity index (χ3n) is 1.79. The number of fused-ring (bicyclic) bond motifs is 1. The van der Waals surface area contributed by atoms with E-state index in [1.807, 2.05) is 30.3 Å². The molecule has 0 saturated carbocycles. The van der Waals surface area contributed by atoms with Crippen molar-refractivity contribution in [2.75, 3.05) is 0 Å². The van der Waals surface area contributed by atoms with E-state index in [0.717, 1.165) is 16.6 Å². The molecule has 0 aliphatic heterocycles. The van der Waals surface area contributed by atoms with Crippen molar-refractivity contribution in [2.24, 2.45) is 4.99 Å². The first kappa shape index (κ1) is 8.05. The van der Waals surface area contributed by atoms with E-state index in [4.69, 9.17) is 0 Å². The van der Waals surface area contributed by atoms with Crippen molar-refractivity contribution in [1.29, 1.82) is 0 Å². The van der Waals surface area contributed by atoms with Gasteiger partial charge in [-0.2, -0.15) is 4.99 Å². The zero-order valence-corrected chi connectivity index (χ0v) is 7.58. The number of thiocarbonyl (C=S) groups is 1. The fraction of sp³-hybridized carbons (Fsp3) is 0. The summed E-state index contributed by atoms with van der Waals surface area (Å²) in [5.74, 6) is 0. The first-order valence-corrected chi connectivity index (χ1v) is 4.24. The maximum Gasteiger partial charge on any atom is 0.0848 e. The summed E-state index contributed by atoms with van der Waals surface area (Å²) in [6.07, 6.45) is 1.72. The highest BCUT2D eigenvalue weighted by molar-refractivity contribution is 7.78. The van der Waals surface area contributed by atoms with E-state index < -0.39 is 0 Å². The SMILES string of the molecule is S=C=Nc1ccnc2ccccc12. The zero-order chi connectivity index (χ0) is 9.10. The van der Waals surface area contributed by atoms with Crippen LogP contribution in [0.25, 0.3) is 10.9 Å². The lowest BCUT2D eigenvalue weighted by Gasteiger charge is -1.97. The molecule has 0 bridgehead atoms. The van der Waals surface area contributed by atoms with Crippen molar-refractivity contribution in [3.05, 3.63) is 36.5 Å². The molecule has 0 fully saturated rings. The van der Waals surface area contributed by atoms with Gasteiger partial charge in [-0.3, -0.25) is 4.98 Å². The molecule has 0 N–H and O–H groups in total. The van der Waals surface area contributed by atoms with Crippen LogP contribution in [0.5, 0.6) is 0 Å². The highest BCUT2D eigenvalue weighted by Crippen LogP contribution is 2.22. The Morgan fingerprint density at radius 2 is 2.08 bits per heavy atom. The molecule has 0 saturated heterocycles. The topological polar surface area (TPSA) is 25.2 Å². The summed E-state index contributed by atoms with van der Waals surface area (Å²) in [5, 5.41) is 3.36. The highest BCUT2D eigenvalue weighted by Gasteiger charge is 1.97. The van der Waals surface area contributed by atoms with Crippen LogP contribution >= 0.6 is 12.2 Å². The van der Waals surface area contributed by atoms with Crippen LogP contribution in [0.15, 0.2) is 41.5 Å². The maximum absolute atomic E-state index is 4.56. The molecule has 3 heteroatoms. The minimum atomic E-state index is 0.820. The Bertz CT molecular complexity index is 482. The van der Waals surface area contributed by atoms with Crippen LogP contribution in [0.4, 0.5) is 5.69 Å². The summed E-state index contributed by atoms with van der Waals surface area (Å²) in [4.78, 5) is 8.16. The normalized spacial score (nSPS) is 9.54. The van der Waals surface area contributed by atoms with E-state index in [9.17, 15) is 0 Å². The van der Waals surface area contributed by atoms with Crippen LogP contribution in [0.3, 0.4) is 0 Å². The number of pyridine rings is 1.